The van der Waals surface area contributed by atoms with E-state index in [0.29, 0.717) is 5.55 Å². The largest absolute Gasteiger partial charge is 0.404 e. The molecule has 96 valence electrons. The van der Waals surface area contributed by atoms with Crippen molar-refractivity contribution in [2.24, 2.45) is 0 Å². The Morgan fingerprint density at radius 3 is 2.70 bits per heavy atom. The van der Waals surface area contributed by atoms with E-state index in [1.54, 1.807) is 0 Å². The summed E-state index contributed by atoms with van der Waals surface area (Å²) in [5.41, 5.74) is 3.80. The monoisotopic (exact) mass is 262 g/mol. The lowest BCUT2D eigenvalue weighted by atomic mass is 10.2. The summed E-state index contributed by atoms with van der Waals surface area (Å²) >= 11 is 0. The Hall–Kier alpha value is -2.88. The maximum atomic E-state index is 6.01. The SMILES string of the molecule is [NH2+]=c1oc2ccccc2cc1-c1nc2ccccc2[nH]1. The van der Waals surface area contributed by atoms with Crippen LogP contribution < -0.4 is 11.0 Å². The first-order valence-corrected chi connectivity index (χ1v) is 6.38. The Morgan fingerprint density at radius 1 is 1.00 bits per heavy atom. The van der Waals surface area contributed by atoms with E-state index in [0.717, 1.165) is 33.4 Å². The van der Waals surface area contributed by atoms with Crippen LogP contribution in [0.1, 0.15) is 0 Å². The topological polar surface area (TPSA) is 67.4 Å². The Kier molecular flexibility index (Phi) is 2.23. The number of fused-ring (bicyclic) bond motifs is 2. The number of rotatable bonds is 1. The zero-order valence-electron chi connectivity index (χ0n) is 10.6. The van der Waals surface area contributed by atoms with Crippen molar-refractivity contribution in [3.8, 4) is 11.4 Å². The molecule has 20 heavy (non-hydrogen) atoms. The highest BCUT2D eigenvalue weighted by Gasteiger charge is 2.12. The van der Waals surface area contributed by atoms with Crippen molar-refractivity contribution in [1.82, 2.24) is 9.97 Å². The fourth-order valence-corrected chi connectivity index (χ4v) is 2.36. The summed E-state index contributed by atoms with van der Waals surface area (Å²) in [7, 11) is 0. The highest BCUT2D eigenvalue weighted by molar-refractivity contribution is 5.83. The van der Waals surface area contributed by atoms with Gasteiger partial charge in [-0.15, -0.1) is 0 Å². The molecule has 4 aromatic rings. The van der Waals surface area contributed by atoms with Crippen molar-refractivity contribution in [2.75, 3.05) is 0 Å². The second kappa shape index (κ2) is 4.06. The van der Waals surface area contributed by atoms with Gasteiger partial charge in [0.05, 0.1) is 11.0 Å². The summed E-state index contributed by atoms with van der Waals surface area (Å²) in [6.07, 6.45) is 0. The molecule has 0 aliphatic heterocycles. The molecule has 0 fully saturated rings. The molecule has 0 bridgehead atoms. The second-order valence-corrected chi connectivity index (χ2v) is 4.66. The molecular formula is C16H12N3O+. The molecule has 0 amide bonds. The zero-order valence-corrected chi connectivity index (χ0v) is 10.6. The van der Waals surface area contributed by atoms with Gasteiger partial charge in [-0.05, 0) is 24.3 Å². The molecule has 0 radical (unpaired) electrons. The van der Waals surface area contributed by atoms with Crippen LogP contribution in [-0.2, 0) is 0 Å². The van der Waals surface area contributed by atoms with Crippen LogP contribution in [0.15, 0.2) is 59.0 Å². The van der Waals surface area contributed by atoms with E-state index in [4.69, 9.17) is 9.83 Å². The number of nitrogens with zero attached hydrogens (tertiary/aromatic N) is 1. The summed E-state index contributed by atoms with van der Waals surface area (Å²) in [6.45, 7) is 0. The summed E-state index contributed by atoms with van der Waals surface area (Å²) in [6, 6.07) is 17.6. The molecule has 0 atom stereocenters. The van der Waals surface area contributed by atoms with Crippen molar-refractivity contribution < 1.29 is 9.83 Å². The molecule has 4 rings (SSSR count). The minimum Gasteiger partial charge on any atom is -0.404 e. The number of nitrogens with two attached hydrogens (primary N) is 1. The number of hydrogen-bond acceptors (Lipinski definition) is 2. The highest BCUT2D eigenvalue weighted by atomic mass is 16.3. The maximum absolute atomic E-state index is 6.01. The van der Waals surface area contributed by atoms with Crippen LogP contribution in [0, 0.1) is 0 Å². The Bertz CT molecular complexity index is 949. The highest BCUT2D eigenvalue weighted by Crippen LogP contribution is 2.20. The van der Waals surface area contributed by atoms with Gasteiger partial charge in [-0.3, -0.25) is 0 Å². The average Bonchev–Trinajstić information content (AvgIpc) is 2.90. The van der Waals surface area contributed by atoms with Crippen LogP contribution in [0.5, 0.6) is 0 Å². The second-order valence-electron chi connectivity index (χ2n) is 4.66. The number of hydrogen-bond donors (Lipinski definition) is 2. The maximum Gasteiger partial charge on any atom is 0.375 e. The minimum absolute atomic E-state index is 0.364. The zero-order chi connectivity index (χ0) is 13.5. The minimum atomic E-state index is 0.364. The van der Waals surface area contributed by atoms with Gasteiger partial charge in [-0.25, -0.2) is 10.4 Å². The van der Waals surface area contributed by atoms with Crippen LogP contribution in [0.3, 0.4) is 0 Å². The number of imidazole rings is 1. The molecule has 2 aromatic heterocycles. The van der Waals surface area contributed by atoms with Crippen molar-refractivity contribution in [3.05, 3.63) is 60.2 Å². The van der Waals surface area contributed by atoms with Gasteiger partial charge in [0.2, 0.25) is 0 Å². The molecule has 2 heterocycles. The van der Waals surface area contributed by atoms with Crippen molar-refractivity contribution in [1.29, 1.82) is 0 Å². The van der Waals surface area contributed by atoms with Gasteiger partial charge in [0, 0.05) is 5.39 Å². The lowest BCUT2D eigenvalue weighted by Gasteiger charge is -1.97. The summed E-state index contributed by atoms with van der Waals surface area (Å²) in [5.74, 6) is 0.721. The third kappa shape index (κ3) is 1.62. The van der Waals surface area contributed by atoms with E-state index >= 15 is 0 Å². The van der Waals surface area contributed by atoms with Gasteiger partial charge in [0.25, 0.3) is 0 Å². The summed E-state index contributed by atoms with van der Waals surface area (Å²) in [5, 5.41) is 7.01. The number of aromatic nitrogens is 2. The summed E-state index contributed by atoms with van der Waals surface area (Å²) < 4.78 is 5.66. The van der Waals surface area contributed by atoms with Gasteiger partial charge < -0.3 is 9.40 Å². The van der Waals surface area contributed by atoms with Crippen LogP contribution in [0.4, 0.5) is 0 Å². The third-order valence-corrected chi connectivity index (χ3v) is 3.35. The van der Waals surface area contributed by atoms with Gasteiger partial charge in [0.1, 0.15) is 17.0 Å². The van der Waals surface area contributed by atoms with E-state index in [1.165, 1.54) is 0 Å². The fraction of sp³-hybridized carbons (Fsp3) is 0. The molecular weight excluding hydrogens is 250 g/mol. The first kappa shape index (κ1) is 11.0. The lowest BCUT2D eigenvalue weighted by Crippen LogP contribution is -2.45. The number of H-pyrrole nitrogens is 1. The predicted molar refractivity (Wildman–Crippen MR) is 76.4 cm³/mol. The molecule has 0 spiro atoms. The van der Waals surface area contributed by atoms with Crippen molar-refractivity contribution in [2.45, 2.75) is 0 Å². The van der Waals surface area contributed by atoms with E-state index in [2.05, 4.69) is 9.97 Å². The Morgan fingerprint density at radius 2 is 1.80 bits per heavy atom. The van der Waals surface area contributed by atoms with Gasteiger partial charge >= 0.3 is 5.55 Å². The molecule has 0 saturated heterocycles. The lowest BCUT2D eigenvalue weighted by molar-refractivity contribution is -0.196. The van der Waals surface area contributed by atoms with Gasteiger partial charge in [-0.1, -0.05) is 30.3 Å². The molecule has 0 aliphatic carbocycles. The van der Waals surface area contributed by atoms with Crippen LogP contribution in [0.25, 0.3) is 33.4 Å². The molecule has 0 unspecified atom stereocenters. The van der Waals surface area contributed by atoms with E-state index in [1.807, 2.05) is 54.6 Å². The first-order valence-electron chi connectivity index (χ1n) is 6.38. The number of aromatic amines is 1. The quantitative estimate of drug-likeness (QED) is 0.547. The van der Waals surface area contributed by atoms with E-state index in [9.17, 15) is 0 Å². The van der Waals surface area contributed by atoms with Crippen LogP contribution >= 0.6 is 0 Å². The average molecular weight is 262 g/mol. The molecule has 2 aromatic carbocycles. The predicted octanol–water partition coefficient (Wildman–Crippen LogP) is 1.64. The van der Waals surface area contributed by atoms with E-state index in [-0.39, 0.29) is 0 Å². The van der Waals surface area contributed by atoms with Crippen LogP contribution in [-0.4, -0.2) is 9.97 Å². The Labute approximate surface area is 114 Å². The number of nitrogens with one attached hydrogen (secondary N) is 1. The molecule has 4 nitrogen and oxygen atoms in total. The van der Waals surface area contributed by atoms with Crippen molar-refractivity contribution in [3.63, 3.8) is 0 Å². The number of para-hydroxylation sites is 3. The number of benzene rings is 2. The van der Waals surface area contributed by atoms with Gasteiger partial charge in [-0.2, -0.15) is 0 Å². The summed E-state index contributed by atoms with van der Waals surface area (Å²) in [4.78, 5) is 7.82. The van der Waals surface area contributed by atoms with Crippen LogP contribution in [0.2, 0.25) is 0 Å². The van der Waals surface area contributed by atoms with E-state index < -0.39 is 0 Å². The normalized spacial score (nSPS) is 11.2. The smallest absolute Gasteiger partial charge is 0.375 e. The Balaban J connectivity index is 2.01. The molecule has 0 aliphatic rings. The fourth-order valence-electron chi connectivity index (χ4n) is 2.36. The molecule has 0 saturated carbocycles. The first-order chi connectivity index (χ1) is 9.81. The third-order valence-electron chi connectivity index (χ3n) is 3.35. The van der Waals surface area contributed by atoms with Crippen molar-refractivity contribution >= 4 is 22.0 Å². The molecule has 3 N–H and O–H groups in total. The van der Waals surface area contributed by atoms with Gasteiger partial charge in [0.15, 0.2) is 0 Å². The molecule has 4 heteroatoms. The standard InChI is InChI=1S/C16H11N3O/c17-15-11(9-10-5-1-4-8-14(10)20-15)16-18-12-6-2-3-7-13(12)19-16/h1-9,17H,(H,18,19)/p+1.